The van der Waals surface area contributed by atoms with Gasteiger partial charge in [0.1, 0.15) is 6.04 Å². The van der Waals surface area contributed by atoms with Crippen LogP contribution in [0.5, 0.6) is 0 Å². The molecule has 1 rings (SSSR count). The quantitative estimate of drug-likeness (QED) is 0.644. The molecule has 0 aliphatic rings. The zero-order valence-corrected chi connectivity index (χ0v) is 12.6. The summed E-state index contributed by atoms with van der Waals surface area (Å²) < 4.78 is 0. The highest BCUT2D eigenvalue weighted by Crippen LogP contribution is 2.04. The van der Waals surface area contributed by atoms with Crippen molar-refractivity contribution < 1.29 is 14.7 Å². The van der Waals surface area contributed by atoms with E-state index in [4.69, 9.17) is 0 Å². The minimum absolute atomic E-state index is 0.273. The SMILES string of the molecule is CC(C)CCCNC(=O)N[C@H](Cc1ccccc1)C(=O)O. The number of amides is 2. The maximum atomic E-state index is 11.7. The summed E-state index contributed by atoms with van der Waals surface area (Å²) in [6, 6.07) is 7.91. The third-order valence-electron chi connectivity index (χ3n) is 3.13. The van der Waals surface area contributed by atoms with Gasteiger partial charge >= 0.3 is 12.0 Å². The van der Waals surface area contributed by atoms with Crippen LogP contribution in [-0.4, -0.2) is 29.7 Å². The molecule has 0 aromatic heterocycles. The summed E-state index contributed by atoms with van der Waals surface area (Å²) in [5.41, 5.74) is 0.880. The number of urea groups is 1. The van der Waals surface area contributed by atoms with Crippen LogP contribution >= 0.6 is 0 Å². The fourth-order valence-electron chi connectivity index (χ4n) is 1.97. The third kappa shape index (κ3) is 7.34. The molecule has 5 heteroatoms. The Balaban J connectivity index is 2.40. The van der Waals surface area contributed by atoms with Crippen molar-refractivity contribution in [2.24, 2.45) is 5.92 Å². The van der Waals surface area contributed by atoms with Gasteiger partial charge in [-0.15, -0.1) is 0 Å². The Hall–Kier alpha value is -2.04. The van der Waals surface area contributed by atoms with Crippen LogP contribution < -0.4 is 10.6 Å². The number of carbonyl (C=O) groups excluding carboxylic acids is 1. The Labute approximate surface area is 125 Å². The van der Waals surface area contributed by atoms with Crippen molar-refractivity contribution in [1.29, 1.82) is 0 Å². The van der Waals surface area contributed by atoms with Gasteiger partial charge in [0, 0.05) is 13.0 Å². The van der Waals surface area contributed by atoms with E-state index >= 15 is 0 Å². The van der Waals surface area contributed by atoms with Crippen molar-refractivity contribution in [1.82, 2.24) is 10.6 Å². The first-order valence-electron chi connectivity index (χ1n) is 7.30. The average molecular weight is 292 g/mol. The first kappa shape index (κ1) is 17.0. The molecule has 0 heterocycles. The van der Waals surface area contributed by atoms with Gasteiger partial charge in [-0.1, -0.05) is 44.2 Å². The van der Waals surface area contributed by atoms with E-state index in [1.807, 2.05) is 30.3 Å². The Kier molecular flexibility index (Phi) is 7.29. The molecule has 0 radical (unpaired) electrons. The third-order valence-corrected chi connectivity index (χ3v) is 3.13. The number of hydrogen-bond acceptors (Lipinski definition) is 2. The molecule has 1 atom stereocenters. The lowest BCUT2D eigenvalue weighted by Crippen LogP contribution is -2.47. The van der Waals surface area contributed by atoms with E-state index in [0.717, 1.165) is 18.4 Å². The summed E-state index contributed by atoms with van der Waals surface area (Å²) in [7, 11) is 0. The van der Waals surface area contributed by atoms with Crippen LogP contribution in [0.4, 0.5) is 4.79 Å². The number of carboxylic acid groups (broad SMARTS) is 1. The summed E-state index contributed by atoms with van der Waals surface area (Å²) in [4.78, 5) is 22.9. The van der Waals surface area contributed by atoms with Gasteiger partial charge in [-0.3, -0.25) is 0 Å². The van der Waals surface area contributed by atoms with E-state index in [-0.39, 0.29) is 6.42 Å². The second-order valence-corrected chi connectivity index (χ2v) is 5.52. The maximum Gasteiger partial charge on any atom is 0.326 e. The molecule has 2 amide bonds. The van der Waals surface area contributed by atoms with Crippen molar-refractivity contribution in [2.45, 2.75) is 39.2 Å². The highest BCUT2D eigenvalue weighted by Gasteiger charge is 2.19. The van der Waals surface area contributed by atoms with Gasteiger partial charge in [0.15, 0.2) is 0 Å². The minimum Gasteiger partial charge on any atom is -0.480 e. The number of hydrogen-bond donors (Lipinski definition) is 3. The number of carboxylic acids is 1. The average Bonchev–Trinajstić information content (AvgIpc) is 2.44. The van der Waals surface area contributed by atoms with Crippen molar-refractivity contribution in [3.05, 3.63) is 35.9 Å². The number of carbonyl (C=O) groups is 2. The van der Waals surface area contributed by atoms with E-state index in [1.165, 1.54) is 0 Å². The van der Waals surface area contributed by atoms with Crippen LogP contribution in [0.15, 0.2) is 30.3 Å². The molecule has 0 aliphatic carbocycles. The van der Waals surface area contributed by atoms with E-state index in [2.05, 4.69) is 24.5 Å². The number of nitrogens with one attached hydrogen (secondary N) is 2. The molecule has 0 spiro atoms. The molecule has 116 valence electrons. The smallest absolute Gasteiger partial charge is 0.326 e. The molecule has 0 saturated carbocycles. The number of benzene rings is 1. The van der Waals surface area contributed by atoms with Gasteiger partial charge in [-0.2, -0.15) is 0 Å². The van der Waals surface area contributed by atoms with Crippen LogP contribution in [0.3, 0.4) is 0 Å². The lowest BCUT2D eigenvalue weighted by Gasteiger charge is -2.15. The highest BCUT2D eigenvalue weighted by atomic mass is 16.4. The first-order chi connectivity index (χ1) is 9.99. The normalized spacial score (nSPS) is 12.0. The maximum absolute atomic E-state index is 11.7. The lowest BCUT2D eigenvalue weighted by atomic mass is 10.1. The fourth-order valence-corrected chi connectivity index (χ4v) is 1.97. The summed E-state index contributed by atoms with van der Waals surface area (Å²) in [5.74, 6) is -0.434. The number of rotatable bonds is 8. The zero-order chi connectivity index (χ0) is 15.7. The molecule has 21 heavy (non-hydrogen) atoms. The second-order valence-electron chi connectivity index (χ2n) is 5.52. The van der Waals surface area contributed by atoms with Crippen molar-refractivity contribution in [3.63, 3.8) is 0 Å². The molecule has 0 fully saturated rings. The van der Waals surface area contributed by atoms with E-state index in [0.29, 0.717) is 12.5 Å². The lowest BCUT2D eigenvalue weighted by molar-refractivity contribution is -0.139. The van der Waals surface area contributed by atoms with Crippen LogP contribution in [0, 0.1) is 5.92 Å². The molecule has 5 nitrogen and oxygen atoms in total. The van der Waals surface area contributed by atoms with Crippen LogP contribution in [0.25, 0.3) is 0 Å². The standard InChI is InChI=1S/C16H24N2O3/c1-12(2)7-6-10-17-16(21)18-14(15(19)20)11-13-8-4-3-5-9-13/h3-5,8-9,12,14H,6-7,10-11H2,1-2H3,(H,19,20)(H2,17,18,21)/t14-/m1/s1. The second kappa shape index (κ2) is 9.00. The monoisotopic (exact) mass is 292 g/mol. The molecule has 0 saturated heterocycles. The van der Waals surface area contributed by atoms with Gasteiger partial charge in [-0.25, -0.2) is 9.59 Å². The van der Waals surface area contributed by atoms with Crippen molar-refractivity contribution >= 4 is 12.0 Å². The molecule has 1 aromatic rings. The van der Waals surface area contributed by atoms with Gasteiger partial charge in [0.2, 0.25) is 0 Å². The predicted octanol–water partition coefficient (Wildman–Crippen LogP) is 2.42. The van der Waals surface area contributed by atoms with E-state index in [1.54, 1.807) is 0 Å². The van der Waals surface area contributed by atoms with Gasteiger partial charge < -0.3 is 15.7 Å². The summed E-state index contributed by atoms with van der Waals surface area (Å²) >= 11 is 0. The topological polar surface area (TPSA) is 78.4 Å². The zero-order valence-electron chi connectivity index (χ0n) is 12.6. The van der Waals surface area contributed by atoms with E-state index < -0.39 is 18.0 Å². The Bertz CT molecular complexity index is 446. The molecular weight excluding hydrogens is 268 g/mol. The predicted molar refractivity (Wildman–Crippen MR) is 82.2 cm³/mol. The first-order valence-corrected chi connectivity index (χ1v) is 7.30. The fraction of sp³-hybridized carbons (Fsp3) is 0.500. The van der Waals surface area contributed by atoms with Crippen molar-refractivity contribution in [2.75, 3.05) is 6.54 Å². The Morgan fingerprint density at radius 3 is 2.43 bits per heavy atom. The molecule has 0 aliphatic heterocycles. The van der Waals surface area contributed by atoms with Gasteiger partial charge in [0.05, 0.1) is 0 Å². The Morgan fingerprint density at radius 2 is 1.86 bits per heavy atom. The van der Waals surface area contributed by atoms with Gasteiger partial charge in [0.25, 0.3) is 0 Å². The minimum atomic E-state index is -1.03. The summed E-state index contributed by atoms with van der Waals surface area (Å²) in [6.07, 6.45) is 2.20. The summed E-state index contributed by atoms with van der Waals surface area (Å²) in [5, 5.41) is 14.4. The van der Waals surface area contributed by atoms with Crippen molar-refractivity contribution in [3.8, 4) is 0 Å². The van der Waals surface area contributed by atoms with Crippen LogP contribution in [0.2, 0.25) is 0 Å². The molecule has 0 bridgehead atoms. The Morgan fingerprint density at radius 1 is 1.19 bits per heavy atom. The van der Waals surface area contributed by atoms with Crippen LogP contribution in [0.1, 0.15) is 32.3 Å². The highest BCUT2D eigenvalue weighted by molar-refractivity contribution is 5.82. The molecular formula is C16H24N2O3. The van der Waals surface area contributed by atoms with Crippen LogP contribution in [-0.2, 0) is 11.2 Å². The molecule has 3 N–H and O–H groups in total. The van der Waals surface area contributed by atoms with Gasteiger partial charge in [-0.05, 0) is 24.3 Å². The summed E-state index contributed by atoms with van der Waals surface area (Å²) in [6.45, 7) is 4.81. The largest absolute Gasteiger partial charge is 0.480 e. The van der Waals surface area contributed by atoms with E-state index in [9.17, 15) is 14.7 Å². The molecule has 1 aromatic carbocycles. The number of aliphatic carboxylic acids is 1. The molecule has 0 unspecified atom stereocenters.